The summed E-state index contributed by atoms with van der Waals surface area (Å²) in [6.07, 6.45) is 7.95. The summed E-state index contributed by atoms with van der Waals surface area (Å²) in [4.78, 5) is 0. The average Bonchev–Trinajstić information content (AvgIpc) is 2.99. The van der Waals surface area contributed by atoms with Crippen molar-refractivity contribution < 1.29 is 0 Å². The minimum atomic E-state index is 0.742. The van der Waals surface area contributed by atoms with Crippen LogP contribution in [0.15, 0.2) is 6.07 Å². The van der Waals surface area contributed by atoms with Crippen LogP contribution in [0.3, 0.4) is 0 Å². The summed E-state index contributed by atoms with van der Waals surface area (Å²) in [6, 6.07) is 2.31. The van der Waals surface area contributed by atoms with E-state index in [1.165, 1.54) is 63.0 Å². The van der Waals surface area contributed by atoms with Crippen LogP contribution < -0.4 is 5.32 Å². The second-order valence-corrected chi connectivity index (χ2v) is 5.36. The summed E-state index contributed by atoms with van der Waals surface area (Å²) in [6.45, 7) is 2.37. The van der Waals surface area contributed by atoms with Gasteiger partial charge in [0.1, 0.15) is 0 Å². The predicted molar refractivity (Wildman–Crippen MR) is 64.5 cm³/mol. The predicted octanol–water partition coefficient (Wildman–Crippen LogP) is 2.22. The normalized spacial score (nSPS) is 26.6. The van der Waals surface area contributed by atoms with Crippen LogP contribution in [0.1, 0.15) is 49.4 Å². The molecule has 0 radical (unpaired) electrons. The molecule has 88 valence electrons. The van der Waals surface area contributed by atoms with Crippen molar-refractivity contribution in [2.75, 3.05) is 13.1 Å². The highest BCUT2D eigenvalue weighted by Crippen LogP contribution is 2.33. The largest absolute Gasteiger partial charge is 0.316 e. The van der Waals surface area contributed by atoms with Gasteiger partial charge in [0, 0.05) is 11.6 Å². The van der Waals surface area contributed by atoms with Gasteiger partial charge < -0.3 is 5.32 Å². The van der Waals surface area contributed by atoms with Gasteiger partial charge in [-0.3, -0.25) is 5.10 Å². The van der Waals surface area contributed by atoms with Crippen molar-refractivity contribution in [3.63, 3.8) is 0 Å². The SMILES string of the molecule is c1c(C2CCCC2)n[nH]c1CC1CCNC1. The summed E-state index contributed by atoms with van der Waals surface area (Å²) >= 11 is 0. The minimum Gasteiger partial charge on any atom is -0.316 e. The maximum Gasteiger partial charge on any atom is 0.0655 e. The highest BCUT2D eigenvalue weighted by atomic mass is 15.1. The number of aromatic amines is 1. The molecule has 2 aliphatic rings. The molecule has 2 fully saturated rings. The van der Waals surface area contributed by atoms with Gasteiger partial charge in [0.2, 0.25) is 0 Å². The number of hydrogen-bond acceptors (Lipinski definition) is 2. The van der Waals surface area contributed by atoms with Crippen molar-refractivity contribution in [1.82, 2.24) is 15.5 Å². The highest BCUT2D eigenvalue weighted by Gasteiger charge is 2.21. The molecule has 1 aliphatic heterocycles. The first kappa shape index (κ1) is 10.3. The molecule has 1 saturated carbocycles. The fourth-order valence-electron chi connectivity index (χ4n) is 3.11. The van der Waals surface area contributed by atoms with E-state index in [4.69, 9.17) is 0 Å². The van der Waals surface area contributed by atoms with E-state index >= 15 is 0 Å². The van der Waals surface area contributed by atoms with Crippen molar-refractivity contribution in [2.45, 2.75) is 44.4 Å². The van der Waals surface area contributed by atoms with Crippen LogP contribution in [-0.4, -0.2) is 23.3 Å². The van der Waals surface area contributed by atoms with Crippen LogP contribution in [-0.2, 0) is 6.42 Å². The third kappa shape index (κ3) is 2.14. The minimum absolute atomic E-state index is 0.742. The number of rotatable bonds is 3. The lowest BCUT2D eigenvalue weighted by molar-refractivity contribution is 0.571. The molecule has 0 aromatic carbocycles. The fourth-order valence-corrected chi connectivity index (χ4v) is 3.11. The maximum absolute atomic E-state index is 4.49. The molecule has 1 aliphatic carbocycles. The van der Waals surface area contributed by atoms with E-state index in [-0.39, 0.29) is 0 Å². The van der Waals surface area contributed by atoms with Crippen LogP contribution in [0.5, 0.6) is 0 Å². The maximum atomic E-state index is 4.49. The van der Waals surface area contributed by atoms with Crippen molar-refractivity contribution in [3.8, 4) is 0 Å². The van der Waals surface area contributed by atoms with Gasteiger partial charge in [-0.05, 0) is 50.8 Å². The molecule has 1 saturated heterocycles. The van der Waals surface area contributed by atoms with Crippen molar-refractivity contribution in [1.29, 1.82) is 0 Å². The number of aromatic nitrogens is 2. The molecule has 16 heavy (non-hydrogen) atoms. The zero-order chi connectivity index (χ0) is 10.8. The van der Waals surface area contributed by atoms with Gasteiger partial charge in [0.25, 0.3) is 0 Å². The Labute approximate surface area is 97.0 Å². The Hall–Kier alpha value is -0.830. The third-order valence-corrected chi connectivity index (χ3v) is 4.10. The average molecular weight is 219 g/mol. The first-order valence-electron chi connectivity index (χ1n) is 6.67. The van der Waals surface area contributed by atoms with Gasteiger partial charge >= 0.3 is 0 Å². The lowest BCUT2D eigenvalue weighted by Gasteiger charge is -2.05. The molecule has 1 aromatic heterocycles. The second-order valence-electron chi connectivity index (χ2n) is 5.36. The van der Waals surface area contributed by atoms with Crippen LogP contribution in [0, 0.1) is 5.92 Å². The Kier molecular flexibility index (Phi) is 2.96. The summed E-state index contributed by atoms with van der Waals surface area (Å²) in [5.41, 5.74) is 2.66. The summed E-state index contributed by atoms with van der Waals surface area (Å²) in [7, 11) is 0. The first-order valence-corrected chi connectivity index (χ1v) is 6.67. The van der Waals surface area contributed by atoms with Gasteiger partial charge in [0.15, 0.2) is 0 Å². The quantitative estimate of drug-likeness (QED) is 0.818. The molecule has 0 bridgehead atoms. The smallest absolute Gasteiger partial charge is 0.0655 e. The van der Waals surface area contributed by atoms with Crippen LogP contribution in [0.2, 0.25) is 0 Å². The summed E-state index contributed by atoms with van der Waals surface area (Å²) < 4.78 is 0. The van der Waals surface area contributed by atoms with E-state index < -0.39 is 0 Å². The molecule has 2 N–H and O–H groups in total. The highest BCUT2D eigenvalue weighted by molar-refractivity contribution is 5.15. The second kappa shape index (κ2) is 4.58. The van der Waals surface area contributed by atoms with Crippen LogP contribution in [0.25, 0.3) is 0 Å². The summed E-state index contributed by atoms with van der Waals surface area (Å²) in [5.74, 6) is 1.56. The lowest BCUT2D eigenvalue weighted by Crippen LogP contribution is -2.10. The van der Waals surface area contributed by atoms with E-state index in [9.17, 15) is 0 Å². The van der Waals surface area contributed by atoms with E-state index in [2.05, 4.69) is 21.6 Å². The number of nitrogens with zero attached hydrogens (tertiary/aromatic N) is 1. The lowest BCUT2D eigenvalue weighted by atomic mass is 10.00. The molecule has 0 spiro atoms. The van der Waals surface area contributed by atoms with Crippen molar-refractivity contribution in [2.24, 2.45) is 5.92 Å². The molecule has 0 amide bonds. The Morgan fingerprint density at radius 1 is 1.25 bits per heavy atom. The van der Waals surface area contributed by atoms with Crippen LogP contribution >= 0.6 is 0 Å². The Morgan fingerprint density at radius 3 is 2.88 bits per heavy atom. The Morgan fingerprint density at radius 2 is 2.12 bits per heavy atom. The Balaban J connectivity index is 1.62. The molecule has 3 rings (SSSR count). The van der Waals surface area contributed by atoms with Gasteiger partial charge in [-0.15, -0.1) is 0 Å². The van der Waals surface area contributed by atoms with Gasteiger partial charge in [-0.25, -0.2) is 0 Å². The molecule has 2 heterocycles. The van der Waals surface area contributed by atoms with E-state index in [1.807, 2.05) is 0 Å². The molecule has 1 unspecified atom stereocenters. The zero-order valence-corrected chi connectivity index (χ0v) is 9.84. The first-order chi connectivity index (χ1) is 7.92. The Bertz CT molecular complexity index is 333. The molecular formula is C13H21N3. The van der Waals surface area contributed by atoms with Gasteiger partial charge in [0.05, 0.1) is 5.69 Å². The monoisotopic (exact) mass is 219 g/mol. The van der Waals surface area contributed by atoms with Crippen molar-refractivity contribution in [3.05, 3.63) is 17.5 Å². The number of hydrogen-bond donors (Lipinski definition) is 2. The molecule has 1 atom stereocenters. The standard InChI is InChI=1S/C13H21N3/c1-2-4-11(3-1)13-8-12(15-16-13)7-10-5-6-14-9-10/h8,10-11,14H,1-7,9H2,(H,15,16). The fraction of sp³-hybridized carbons (Fsp3) is 0.769. The van der Waals surface area contributed by atoms with Crippen LogP contribution in [0.4, 0.5) is 0 Å². The molecular weight excluding hydrogens is 198 g/mol. The topological polar surface area (TPSA) is 40.7 Å². The van der Waals surface area contributed by atoms with Gasteiger partial charge in [-0.1, -0.05) is 12.8 Å². The third-order valence-electron chi connectivity index (χ3n) is 4.10. The van der Waals surface area contributed by atoms with E-state index in [0.29, 0.717) is 0 Å². The number of H-pyrrole nitrogens is 1. The molecule has 3 nitrogen and oxygen atoms in total. The number of nitrogens with one attached hydrogen (secondary N) is 2. The van der Waals surface area contributed by atoms with Gasteiger partial charge in [-0.2, -0.15) is 5.10 Å². The van der Waals surface area contributed by atoms with E-state index in [1.54, 1.807) is 0 Å². The molecule has 3 heteroatoms. The summed E-state index contributed by atoms with van der Waals surface area (Å²) in [5, 5.41) is 11.1. The van der Waals surface area contributed by atoms with E-state index in [0.717, 1.165) is 11.8 Å². The zero-order valence-electron chi connectivity index (χ0n) is 9.84. The molecule has 1 aromatic rings. The van der Waals surface area contributed by atoms with Crippen molar-refractivity contribution >= 4 is 0 Å².